The molecule has 2 aromatic carbocycles. The number of hydrogen-bond donors (Lipinski definition) is 1. The van der Waals surface area contributed by atoms with Crippen molar-refractivity contribution in [2.24, 2.45) is 0 Å². The summed E-state index contributed by atoms with van der Waals surface area (Å²) in [6, 6.07) is 17.4. The molecule has 3 rings (SSSR count). The van der Waals surface area contributed by atoms with E-state index in [2.05, 4.69) is 4.72 Å². The summed E-state index contributed by atoms with van der Waals surface area (Å²) in [4.78, 5) is 0. The molecule has 1 N–H and O–H groups in total. The average Bonchev–Trinajstić information content (AvgIpc) is 3.34. The number of halogens is 1. The first-order valence-corrected chi connectivity index (χ1v) is 9.80. The molecule has 1 saturated carbocycles. The fraction of sp³-hybridized carbons (Fsp3) is 0.333. The van der Waals surface area contributed by atoms with Crippen LogP contribution >= 0.6 is 11.6 Å². The Labute approximate surface area is 142 Å². The minimum atomic E-state index is -3.27. The van der Waals surface area contributed by atoms with Gasteiger partial charge in [-0.3, -0.25) is 0 Å². The molecule has 2 aromatic rings. The van der Waals surface area contributed by atoms with E-state index < -0.39 is 10.0 Å². The van der Waals surface area contributed by atoms with E-state index in [1.165, 1.54) is 0 Å². The van der Waals surface area contributed by atoms with Crippen LogP contribution < -0.4 is 4.72 Å². The smallest absolute Gasteiger partial charge is 0.211 e. The molecule has 0 aromatic heterocycles. The van der Waals surface area contributed by atoms with Crippen LogP contribution in [0.3, 0.4) is 0 Å². The molecule has 0 aliphatic heterocycles. The Morgan fingerprint density at radius 3 is 2.26 bits per heavy atom. The molecule has 1 aliphatic rings. The molecule has 0 atom stereocenters. The van der Waals surface area contributed by atoms with Crippen LogP contribution in [0, 0.1) is 0 Å². The summed E-state index contributed by atoms with van der Waals surface area (Å²) < 4.78 is 27.2. The lowest BCUT2D eigenvalue weighted by atomic mass is 9.96. The Morgan fingerprint density at radius 1 is 1.00 bits per heavy atom. The molecule has 0 bridgehead atoms. The van der Waals surface area contributed by atoms with Crippen molar-refractivity contribution in [1.29, 1.82) is 0 Å². The van der Waals surface area contributed by atoms with E-state index in [0.717, 1.165) is 24.0 Å². The van der Waals surface area contributed by atoms with E-state index in [0.29, 0.717) is 18.0 Å². The van der Waals surface area contributed by atoms with Gasteiger partial charge in [-0.15, -0.1) is 0 Å². The van der Waals surface area contributed by atoms with Crippen molar-refractivity contribution in [3.63, 3.8) is 0 Å². The van der Waals surface area contributed by atoms with Crippen molar-refractivity contribution in [3.8, 4) is 0 Å². The van der Waals surface area contributed by atoms with Crippen LogP contribution in [0.15, 0.2) is 54.6 Å². The van der Waals surface area contributed by atoms with Crippen LogP contribution in [0.5, 0.6) is 0 Å². The van der Waals surface area contributed by atoms with Gasteiger partial charge in [0.2, 0.25) is 10.0 Å². The van der Waals surface area contributed by atoms with E-state index in [4.69, 9.17) is 11.6 Å². The molecule has 5 heteroatoms. The van der Waals surface area contributed by atoms with Crippen molar-refractivity contribution < 1.29 is 8.42 Å². The number of aryl methyl sites for hydroxylation is 1. The summed E-state index contributed by atoms with van der Waals surface area (Å²) in [5, 5.41) is 0.702. The van der Waals surface area contributed by atoms with Gasteiger partial charge in [-0.25, -0.2) is 13.1 Å². The van der Waals surface area contributed by atoms with Gasteiger partial charge in [0.05, 0.1) is 5.75 Å². The van der Waals surface area contributed by atoms with Crippen molar-refractivity contribution in [3.05, 3.63) is 70.7 Å². The van der Waals surface area contributed by atoms with E-state index in [1.54, 1.807) is 0 Å². The second-order valence-electron chi connectivity index (χ2n) is 6.16. The molecule has 0 amide bonds. The molecule has 122 valence electrons. The summed E-state index contributed by atoms with van der Waals surface area (Å²) in [6.45, 7) is 0.464. The molecule has 1 fully saturated rings. The molecule has 1 aliphatic carbocycles. The van der Waals surface area contributed by atoms with Gasteiger partial charge < -0.3 is 0 Å². The van der Waals surface area contributed by atoms with Gasteiger partial charge in [-0.2, -0.15) is 0 Å². The fourth-order valence-electron chi connectivity index (χ4n) is 2.74. The van der Waals surface area contributed by atoms with Crippen LogP contribution in [0.4, 0.5) is 0 Å². The van der Waals surface area contributed by atoms with Crippen molar-refractivity contribution in [1.82, 2.24) is 4.72 Å². The first-order valence-electron chi connectivity index (χ1n) is 7.76. The third-order valence-electron chi connectivity index (χ3n) is 4.44. The van der Waals surface area contributed by atoms with Gasteiger partial charge in [0.25, 0.3) is 0 Å². The lowest BCUT2D eigenvalue weighted by Gasteiger charge is -2.17. The normalized spacial score (nSPS) is 16.2. The monoisotopic (exact) mass is 349 g/mol. The van der Waals surface area contributed by atoms with Crippen molar-refractivity contribution >= 4 is 21.6 Å². The Kier molecular flexibility index (Phi) is 4.76. The minimum Gasteiger partial charge on any atom is -0.214 e. The molecule has 23 heavy (non-hydrogen) atoms. The predicted octanol–water partition coefficient (Wildman–Crippen LogP) is 3.53. The Bertz CT molecular complexity index is 753. The molecular weight excluding hydrogens is 330 g/mol. The minimum absolute atomic E-state index is 0.0512. The second-order valence-corrected chi connectivity index (χ2v) is 8.53. The number of hydrogen-bond acceptors (Lipinski definition) is 2. The molecule has 0 heterocycles. The highest BCUT2D eigenvalue weighted by Gasteiger charge is 2.44. The number of nitrogens with one attached hydrogen (secondary N) is 1. The van der Waals surface area contributed by atoms with Gasteiger partial charge in [0, 0.05) is 17.0 Å². The highest BCUT2D eigenvalue weighted by atomic mass is 35.5. The largest absolute Gasteiger partial charge is 0.214 e. The fourth-order valence-corrected chi connectivity index (χ4v) is 4.01. The summed E-state index contributed by atoms with van der Waals surface area (Å²) in [6.07, 6.45) is 2.55. The maximum absolute atomic E-state index is 12.2. The summed E-state index contributed by atoms with van der Waals surface area (Å²) in [5.74, 6) is 0.119. The zero-order chi connectivity index (χ0) is 16.3. The Morgan fingerprint density at radius 2 is 1.65 bits per heavy atom. The summed E-state index contributed by atoms with van der Waals surface area (Å²) in [7, 11) is -3.27. The molecule has 0 unspecified atom stereocenters. The molecule has 3 nitrogen and oxygen atoms in total. The first kappa shape index (κ1) is 16.5. The SMILES string of the molecule is O=S(=O)(CCc1ccccc1)NCC1(c2ccc(Cl)cc2)CC1. The van der Waals surface area contributed by atoms with E-state index in [-0.39, 0.29) is 11.2 Å². The average molecular weight is 350 g/mol. The summed E-state index contributed by atoms with van der Waals surface area (Å²) >= 11 is 5.92. The topological polar surface area (TPSA) is 46.2 Å². The van der Waals surface area contributed by atoms with Crippen LogP contribution in [0.25, 0.3) is 0 Å². The predicted molar refractivity (Wildman–Crippen MR) is 94.3 cm³/mol. The van der Waals surface area contributed by atoms with Crippen LogP contribution in [-0.2, 0) is 21.9 Å². The third kappa shape index (κ3) is 4.34. The summed E-state index contributed by atoms with van der Waals surface area (Å²) in [5.41, 5.74) is 2.15. The van der Waals surface area contributed by atoms with Gasteiger partial charge >= 0.3 is 0 Å². The highest BCUT2D eigenvalue weighted by Crippen LogP contribution is 2.47. The second kappa shape index (κ2) is 6.63. The quantitative estimate of drug-likeness (QED) is 0.831. The Hall–Kier alpha value is -1.36. The van der Waals surface area contributed by atoms with E-state index in [9.17, 15) is 8.42 Å². The maximum atomic E-state index is 12.2. The zero-order valence-electron chi connectivity index (χ0n) is 12.8. The van der Waals surface area contributed by atoms with Crippen LogP contribution in [-0.4, -0.2) is 20.7 Å². The maximum Gasteiger partial charge on any atom is 0.211 e. The molecular formula is C18H20ClNO2S. The third-order valence-corrected chi connectivity index (χ3v) is 6.02. The lowest BCUT2D eigenvalue weighted by Crippen LogP contribution is -2.34. The van der Waals surface area contributed by atoms with Gasteiger partial charge in [-0.1, -0.05) is 54.1 Å². The van der Waals surface area contributed by atoms with Crippen LogP contribution in [0.1, 0.15) is 24.0 Å². The van der Waals surface area contributed by atoms with Gasteiger partial charge in [0.15, 0.2) is 0 Å². The molecule has 0 radical (unpaired) electrons. The number of rotatable bonds is 7. The molecule has 0 spiro atoms. The lowest BCUT2D eigenvalue weighted by molar-refractivity contribution is 0.566. The van der Waals surface area contributed by atoms with E-state index >= 15 is 0 Å². The number of benzene rings is 2. The first-order chi connectivity index (χ1) is 11.0. The van der Waals surface area contributed by atoms with Gasteiger partial charge in [-0.05, 0) is 42.5 Å². The van der Waals surface area contributed by atoms with Crippen molar-refractivity contribution in [2.75, 3.05) is 12.3 Å². The molecule has 0 saturated heterocycles. The Balaban J connectivity index is 1.57. The highest BCUT2D eigenvalue weighted by molar-refractivity contribution is 7.89. The van der Waals surface area contributed by atoms with E-state index in [1.807, 2.05) is 54.6 Å². The van der Waals surface area contributed by atoms with Gasteiger partial charge in [0.1, 0.15) is 0 Å². The number of sulfonamides is 1. The standard InChI is InChI=1S/C18H20ClNO2S/c19-17-8-6-16(7-9-17)18(11-12-18)14-20-23(21,22)13-10-15-4-2-1-3-5-15/h1-9,20H,10-14H2. The van der Waals surface area contributed by atoms with Crippen LogP contribution in [0.2, 0.25) is 5.02 Å². The zero-order valence-corrected chi connectivity index (χ0v) is 14.4. The van der Waals surface area contributed by atoms with Crippen molar-refractivity contribution in [2.45, 2.75) is 24.7 Å².